The fourth-order valence-electron chi connectivity index (χ4n) is 2.04. The number of hydrogen-bond acceptors (Lipinski definition) is 6. The van der Waals surface area contributed by atoms with E-state index in [0.717, 1.165) is 17.3 Å². The number of nitrogens with zero attached hydrogens (tertiary/aromatic N) is 1. The van der Waals surface area contributed by atoms with E-state index in [0.29, 0.717) is 30.0 Å². The number of thioether (sulfide) groups is 1. The Bertz CT molecular complexity index is 638. The van der Waals surface area contributed by atoms with Gasteiger partial charge in [0.15, 0.2) is 0 Å². The van der Waals surface area contributed by atoms with Crippen molar-refractivity contribution < 1.29 is 23.9 Å². The van der Waals surface area contributed by atoms with E-state index in [9.17, 15) is 14.4 Å². The van der Waals surface area contributed by atoms with Gasteiger partial charge in [-0.05, 0) is 42.0 Å². The quantitative estimate of drug-likeness (QED) is 0.452. The number of rotatable bonds is 6. The van der Waals surface area contributed by atoms with Crippen molar-refractivity contribution in [1.29, 1.82) is 0 Å². The molecular weight excluding hydrogens is 318 g/mol. The van der Waals surface area contributed by atoms with Crippen molar-refractivity contribution in [1.82, 2.24) is 4.90 Å². The minimum atomic E-state index is -0.421. The molecule has 1 aromatic rings. The average molecular weight is 335 g/mol. The molecule has 1 aromatic carbocycles. The summed E-state index contributed by atoms with van der Waals surface area (Å²) in [6.45, 7) is 0.840. The SMILES string of the molecule is COCCCN1C(=O)S/C(=C/c2ccc(C(=O)OC)cc2)C1=O. The molecule has 1 aliphatic rings. The minimum absolute atomic E-state index is 0.275. The summed E-state index contributed by atoms with van der Waals surface area (Å²) < 4.78 is 9.55. The predicted molar refractivity (Wildman–Crippen MR) is 87.0 cm³/mol. The van der Waals surface area contributed by atoms with E-state index in [1.54, 1.807) is 37.5 Å². The molecule has 1 aliphatic heterocycles. The summed E-state index contributed by atoms with van der Waals surface area (Å²) in [5.74, 6) is -0.719. The molecule has 23 heavy (non-hydrogen) atoms. The molecule has 0 saturated carbocycles. The average Bonchev–Trinajstić information content (AvgIpc) is 2.82. The third-order valence-electron chi connectivity index (χ3n) is 3.23. The first-order valence-corrected chi connectivity index (χ1v) is 7.81. The molecule has 0 radical (unpaired) electrons. The molecule has 0 N–H and O–H groups in total. The van der Waals surface area contributed by atoms with Gasteiger partial charge < -0.3 is 9.47 Å². The maximum atomic E-state index is 12.2. The zero-order chi connectivity index (χ0) is 16.8. The van der Waals surface area contributed by atoms with Gasteiger partial charge in [0, 0.05) is 20.3 Å². The first kappa shape index (κ1) is 17.2. The molecule has 7 heteroatoms. The van der Waals surface area contributed by atoms with Gasteiger partial charge in [-0.25, -0.2) is 4.79 Å². The molecule has 0 aliphatic carbocycles. The third-order valence-corrected chi connectivity index (χ3v) is 4.14. The maximum Gasteiger partial charge on any atom is 0.337 e. The monoisotopic (exact) mass is 335 g/mol. The van der Waals surface area contributed by atoms with Gasteiger partial charge in [-0.3, -0.25) is 14.5 Å². The van der Waals surface area contributed by atoms with Crippen molar-refractivity contribution in [3.63, 3.8) is 0 Å². The van der Waals surface area contributed by atoms with Gasteiger partial charge in [-0.15, -0.1) is 0 Å². The lowest BCUT2D eigenvalue weighted by Gasteiger charge is -2.11. The number of esters is 1. The highest BCUT2D eigenvalue weighted by Crippen LogP contribution is 2.32. The van der Waals surface area contributed by atoms with Crippen LogP contribution in [0.15, 0.2) is 29.2 Å². The van der Waals surface area contributed by atoms with Crippen LogP contribution in [0.1, 0.15) is 22.3 Å². The van der Waals surface area contributed by atoms with Crippen LogP contribution in [0, 0.1) is 0 Å². The summed E-state index contributed by atoms with van der Waals surface area (Å²) in [5, 5.41) is -0.275. The molecule has 2 amide bonds. The number of carbonyl (C=O) groups excluding carboxylic acids is 3. The van der Waals surface area contributed by atoms with Crippen molar-refractivity contribution >= 4 is 35.0 Å². The molecule has 1 heterocycles. The van der Waals surface area contributed by atoms with Crippen molar-refractivity contribution in [2.75, 3.05) is 27.4 Å². The Balaban J connectivity index is 2.09. The van der Waals surface area contributed by atoms with Gasteiger partial charge in [-0.1, -0.05) is 12.1 Å². The normalized spacial score (nSPS) is 16.3. The van der Waals surface area contributed by atoms with Crippen LogP contribution in [-0.4, -0.2) is 49.4 Å². The lowest BCUT2D eigenvalue weighted by atomic mass is 10.1. The Morgan fingerprint density at radius 3 is 2.52 bits per heavy atom. The molecule has 0 atom stereocenters. The summed E-state index contributed by atoms with van der Waals surface area (Å²) in [5.41, 5.74) is 1.16. The van der Waals surface area contributed by atoms with Crippen molar-refractivity contribution in [2.45, 2.75) is 6.42 Å². The number of ether oxygens (including phenoxy) is 2. The Kier molecular flexibility index (Phi) is 5.95. The number of amides is 2. The lowest BCUT2D eigenvalue weighted by molar-refractivity contribution is -0.122. The highest BCUT2D eigenvalue weighted by Gasteiger charge is 2.34. The molecule has 1 fully saturated rings. The summed E-state index contributed by atoms with van der Waals surface area (Å²) in [6.07, 6.45) is 2.25. The van der Waals surface area contributed by atoms with Crippen LogP contribution >= 0.6 is 11.8 Å². The van der Waals surface area contributed by atoms with Gasteiger partial charge >= 0.3 is 5.97 Å². The number of carbonyl (C=O) groups is 3. The summed E-state index contributed by atoms with van der Waals surface area (Å²) in [6, 6.07) is 6.62. The number of benzene rings is 1. The van der Waals surface area contributed by atoms with E-state index < -0.39 is 5.97 Å². The van der Waals surface area contributed by atoms with Gasteiger partial charge in [0.25, 0.3) is 11.1 Å². The highest BCUT2D eigenvalue weighted by molar-refractivity contribution is 8.18. The van der Waals surface area contributed by atoms with E-state index in [1.807, 2.05) is 0 Å². The highest BCUT2D eigenvalue weighted by atomic mass is 32.2. The zero-order valence-electron chi connectivity index (χ0n) is 12.9. The summed E-state index contributed by atoms with van der Waals surface area (Å²) in [7, 11) is 2.89. The molecule has 0 unspecified atom stereocenters. The van der Waals surface area contributed by atoms with Crippen LogP contribution in [0.4, 0.5) is 4.79 Å². The Hall–Kier alpha value is -2.12. The molecule has 0 aromatic heterocycles. The van der Waals surface area contributed by atoms with Gasteiger partial charge in [0.05, 0.1) is 17.6 Å². The third kappa shape index (κ3) is 4.20. The second-order valence-corrected chi connectivity index (χ2v) is 5.79. The van der Waals surface area contributed by atoms with Gasteiger partial charge in [0.1, 0.15) is 0 Å². The maximum absolute atomic E-state index is 12.2. The van der Waals surface area contributed by atoms with Crippen LogP contribution in [0.25, 0.3) is 6.08 Å². The molecule has 122 valence electrons. The fraction of sp³-hybridized carbons (Fsp3) is 0.312. The molecule has 2 rings (SSSR count). The first-order chi connectivity index (χ1) is 11.1. The van der Waals surface area contributed by atoms with E-state index in [4.69, 9.17) is 4.74 Å². The molecule has 1 saturated heterocycles. The zero-order valence-corrected chi connectivity index (χ0v) is 13.7. The van der Waals surface area contributed by atoms with Crippen LogP contribution in [0.2, 0.25) is 0 Å². The largest absolute Gasteiger partial charge is 0.465 e. The van der Waals surface area contributed by atoms with E-state index in [1.165, 1.54) is 12.0 Å². The van der Waals surface area contributed by atoms with Crippen LogP contribution < -0.4 is 0 Å². The van der Waals surface area contributed by atoms with Crippen LogP contribution in [-0.2, 0) is 14.3 Å². The van der Waals surface area contributed by atoms with Crippen LogP contribution in [0.3, 0.4) is 0 Å². The topological polar surface area (TPSA) is 72.9 Å². The predicted octanol–water partition coefficient (Wildman–Crippen LogP) is 2.55. The van der Waals surface area contributed by atoms with Crippen LogP contribution in [0.5, 0.6) is 0 Å². The van der Waals surface area contributed by atoms with E-state index in [-0.39, 0.29) is 11.1 Å². The first-order valence-electron chi connectivity index (χ1n) is 6.99. The molecular formula is C16H17NO5S. The summed E-state index contributed by atoms with van der Waals surface area (Å²) >= 11 is 0.916. The Labute approximate surface area is 138 Å². The van der Waals surface area contributed by atoms with Crippen molar-refractivity contribution in [3.8, 4) is 0 Å². The van der Waals surface area contributed by atoms with E-state index >= 15 is 0 Å². The smallest absolute Gasteiger partial charge is 0.337 e. The van der Waals surface area contributed by atoms with E-state index in [2.05, 4.69) is 4.74 Å². The second-order valence-electron chi connectivity index (χ2n) is 4.79. The minimum Gasteiger partial charge on any atom is -0.465 e. The Morgan fingerprint density at radius 1 is 1.22 bits per heavy atom. The second kappa shape index (κ2) is 7.94. The number of imide groups is 1. The fourth-order valence-corrected chi connectivity index (χ4v) is 2.91. The standard InChI is InChI=1S/C16H17NO5S/c1-21-9-3-8-17-14(18)13(23-16(17)20)10-11-4-6-12(7-5-11)15(19)22-2/h4-7,10H,3,8-9H2,1-2H3/b13-10+. The van der Waals surface area contributed by atoms with Crippen molar-refractivity contribution in [2.24, 2.45) is 0 Å². The molecule has 0 spiro atoms. The molecule has 6 nitrogen and oxygen atoms in total. The Morgan fingerprint density at radius 2 is 1.91 bits per heavy atom. The number of hydrogen-bond donors (Lipinski definition) is 0. The van der Waals surface area contributed by atoms with Gasteiger partial charge in [-0.2, -0.15) is 0 Å². The van der Waals surface area contributed by atoms with Gasteiger partial charge in [0.2, 0.25) is 0 Å². The lowest BCUT2D eigenvalue weighted by Crippen LogP contribution is -2.29. The molecule has 0 bridgehead atoms. The number of methoxy groups -OCH3 is 2. The summed E-state index contributed by atoms with van der Waals surface area (Å²) in [4.78, 5) is 37.1. The van der Waals surface area contributed by atoms with Crippen molar-refractivity contribution in [3.05, 3.63) is 40.3 Å².